The van der Waals surface area contributed by atoms with Gasteiger partial charge in [0.25, 0.3) is 0 Å². The van der Waals surface area contributed by atoms with Crippen LogP contribution in [0.25, 0.3) is 0 Å². The maximum absolute atomic E-state index is 10.0. The van der Waals surface area contributed by atoms with Crippen molar-refractivity contribution in [2.24, 2.45) is 5.29 Å². The SMILES string of the molecule is O=NN1CCN([N+](=O)[O-])C1. The molecule has 7 heteroatoms. The first-order chi connectivity index (χ1) is 4.74. The molecule has 0 bridgehead atoms. The second-order valence-electron chi connectivity index (χ2n) is 1.92. The highest BCUT2D eigenvalue weighted by molar-refractivity contribution is 4.59. The van der Waals surface area contributed by atoms with Gasteiger partial charge in [-0.2, -0.15) is 0 Å². The lowest BCUT2D eigenvalue weighted by molar-refractivity contribution is -0.652. The van der Waals surface area contributed by atoms with Crippen LogP contribution < -0.4 is 0 Å². The van der Waals surface area contributed by atoms with Crippen molar-refractivity contribution in [3.63, 3.8) is 0 Å². The average Bonchev–Trinajstić information content (AvgIpc) is 2.34. The van der Waals surface area contributed by atoms with Crippen LogP contribution in [-0.4, -0.2) is 34.8 Å². The third-order valence-corrected chi connectivity index (χ3v) is 1.29. The van der Waals surface area contributed by atoms with E-state index in [-0.39, 0.29) is 13.2 Å². The number of hydrogen-bond donors (Lipinski definition) is 0. The highest BCUT2D eigenvalue weighted by Gasteiger charge is 2.26. The summed E-state index contributed by atoms with van der Waals surface area (Å²) in [4.78, 5) is 19.8. The van der Waals surface area contributed by atoms with Crippen LogP contribution in [-0.2, 0) is 0 Å². The fourth-order valence-corrected chi connectivity index (χ4v) is 0.761. The first-order valence-corrected chi connectivity index (χ1v) is 2.71. The fraction of sp³-hybridized carbons (Fsp3) is 1.00. The molecule has 56 valence electrons. The molecule has 0 aliphatic carbocycles. The van der Waals surface area contributed by atoms with E-state index in [0.717, 1.165) is 10.0 Å². The minimum Gasteiger partial charge on any atom is -0.235 e. The topological polar surface area (TPSA) is 79.0 Å². The van der Waals surface area contributed by atoms with E-state index in [1.165, 1.54) is 0 Å². The number of nitro groups is 1. The zero-order valence-electron chi connectivity index (χ0n) is 5.13. The molecule has 0 aromatic heterocycles. The Labute approximate surface area is 56.3 Å². The lowest BCUT2D eigenvalue weighted by Gasteiger charge is -2.04. The standard InChI is InChI=1S/C3H6N4O3/c8-4-5-1-2-6(3-5)7(9)10/h1-3H2. The Bertz CT molecular complexity index is 160. The predicted molar refractivity (Wildman–Crippen MR) is 31.1 cm³/mol. The van der Waals surface area contributed by atoms with Gasteiger partial charge in [0.15, 0.2) is 11.7 Å². The van der Waals surface area contributed by atoms with Crippen molar-refractivity contribution in [3.05, 3.63) is 15.0 Å². The molecule has 1 aliphatic heterocycles. The van der Waals surface area contributed by atoms with Crippen LogP contribution in [0.4, 0.5) is 0 Å². The summed E-state index contributed by atoms with van der Waals surface area (Å²) in [5.41, 5.74) is 0. The Morgan fingerprint density at radius 1 is 1.50 bits per heavy atom. The van der Waals surface area contributed by atoms with E-state index < -0.39 is 5.03 Å². The molecule has 0 unspecified atom stereocenters. The monoisotopic (exact) mass is 146 g/mol. The van der Waals surface area contributed by atoms with Gasteiger partial charge in [-0.3, -0.25) is 0 Å². The summed E-state index contributed by atoms with van der Waals surface area (Å²) in [6.07, 6.45) is 0. The molecule has 1 fully saturated rings. The first kappa shape index (κ1) is 6.72. The minimum absolute atomic E-state index is 0.00347. The van der Waals surface area contributed by atoms with Crippen molar-refractivity contribution < 1.29 is 5.03 Å². The summed E-state index contributed by atoms with van der Waals surface area (Å²) in [6, 6.07) is 0. The second kappa shape index (κ2) is 2.46. The van der Waals surface area contributed by atoms with Gasteiger partial charge < -0.3 is 0 Å². The Morgan fingerprint density at radius 2 is 2.20 bits per heavy atom. The maximum atomic E-state index is 10.0. The van der Waals surface area contributed by atoms with Gasteiger partial charge in [0.05, 0.1) is 11.8 Å². The highest BCUT2D eigenvalue weighted by atomic mass is 16.7. The Kier molecular flexibility index (Phi) is 1.65. The van der Waals surface area contributed by atoms with Gasteiger partial charge in [0.2, 0.25) is 0 Å². The van der Waals surface area contributed by atoms with Gasteiger partial charge in [0.1, 0.15) is 6.54 Å². The van der Waals surface area contributed by atoms with Crippen molar-refractivity contribution in [1.29, 1.82) is 0 Å². The molecule has 10 heavy (non-hydrogen) atoms. The molecule has 1 aliphatic rings. The van der Waals surface area contributed by atoms with Crippen molar-refractivity contribution in [1.82, 2.24) is 10.0 Å². The lowest BCUT2D eigenvalue weighted by Crippen LogP contribution is -2.28. The van der Waals surface area contributed by atoms with Crippen molar-refractivity contribution in [2.75, 3.05) is 19.8 Å². The van der Waals surface area contributed by atoms with E-state index in [2.05, 4.69) is 5.29 Å². The molecule has 1 rings (SSSR count). The number of hydrogen-bond acceptors (Lipinski definition) is 4. The van der Waals surface area contributed by atoms with E-state index >= 15 is 0 Å². The smallest absolute Gasteiger partial charge is 0.169 e. The minimum atomic E-state index is -0.537. The van der Waals surface area contributed by atoms with Gasteiger partial charge in [-0.15, -0.1) is 9.92 Å². The van der Waals surface area contributed by atoms with Crippen LogP contribution in [0.5, 0.6) is 0 Å². The highest BCUT2D eigenvalue weighted by Crippen LogP contribution is 2.03. The Morgan fingerprint density at radius 3 is 2.50 bits per heavy atom. The maximum Gasteiger partial charge on any atom is 0.169 e. The second-order valence-corrected chi connectivity index (χ2v) is 1.92. The molecule has 0 amide bonds. The predicted octanol–water partition coefficient (Wildman–Crippen LogP) is -0.565. The molecule has 1 saturated heterocycles. The summed E-state index contributed by atoms with van der Waals surface area (Å²) in [5, 5.41) is 14.1. The lowest BCUT2D eigenvalue weighted by atomic mass is 10.7. The third-order valence-electron chi connectivity index (χ3n) is 1.29. The molecular weight excluding hydrogens is 140 g/mol. The third kappa shape index (κ3) is 1.12. The molecular formula is C3H6N4O3. The van der Waals surface area contributed by atoms with Crippen molar-refractivity contribution >= 4 is 0 Å². The number of rotatable bonds is 2. The van der Waals surface area contributed by atoms with Gasteiger partial charge in [-0.05, 0) is 0 Å². The van der Waals surface area contributed by atoms with E-state index in [4.69, 9.17) is 0 Å². The normalized spacial score (nSPS) is 17.6. The molecule has 7 nitrogen and oxygen atoms in total. The van der Waals surface area contributed by atoms with E-state index in [0.29, 0.717) is 6.54 Å². The summed E-state index contributed by atoms with van der Waals surface area (Å²) >= 11 is 0. The van der Waals surface area contributed by atoms with Gasteiger partial charge >= 0.3 is 0 Å². The van der Waals surface area contributed by atoms with Crippen LogP contribution in [0.15, 0.2) is 5.29 Å². The summed E-state index contributed by atoms with van der Waals surface area (Å²) in [6.45, 7) is 0.597. The molecule has 1 heterocycles. The summed E-state index contributed by atoms with van der Waals surface area (Å²) < 4.78 is 0. The fourth-order valence-electron chi connectivity index (χ4n) is 0.761. The molecule has 0 saturated carbocycles. The summed E-state index contributed by atoms with van der Waals surface area (Å²) in [7, 11) is 0. The largest absolute Gasteiger partial charge is 0.235 e. The van der Waals surface area contributed by atoms with Crippen molar-refractivity contribution in [3.8, 4) is 0 Å². The van der Waals surface area contributed by atoms with Crippen LogP contribution in [0.3, 0.4) is 0 Å². The Balaban J connectivity index is 2.42. The molecule has 0 aromatic carbocycles. The molecule has 0 N–H and O–H groups in total. The van der Waals surface area contributed by atoms with Crippen LogP contribution >= 0.6 is 0 Å². The number of nitrogens with zero attached hydrogens (tertiary/aromatic N) is 4. The van der Waals surface area contributed by atoms with Crippen molar-refractivity contribution in [2.45, 2.75) is 0 Å². The molecule has 0 atom stereocenters. The Hall–Kier alpha value is -1.40. The molecule has 0 aromatic rings. The summed E-state index contributed by atoms with van der Waals surface area (Å²) in [5.74, 6) is 0. The van der Waals surface area contributed by atoms with E-state index in [9.17, 15) is 15.0 Å². The average molecular weight is 146 g/mol. The van der Waals surface area contributed by atoms with Gasteiger partial charge in [-0.25, -0.2) is 15.1 Å². The van der Waals surface area contributed by atoms with Crippen LogP contribution in [0.1, 0.15) is 0 Å². The zero-order chi connectivity index (χ0) is 7.56. The van der Waals surface area contributed by atoms with E-state index in [1.807, 2.05) is 0 Å². The quantitative estimate of drug-likeness (QED) is 0.296. The van der Waals surface area contributed by atoms with Crippen LogP contribution in [0, 0.1) is 15.0 Å². The van der Waals surface area contributed by atoms with E-state index in [1.54, 1.807) is 0 Å². The first-order valence-electron chi connectivity index (χ1n) is 2.71. The van der Waals surface area contributed by atoms with Gasteiger partial charge in [-0.1, -0.05) is 0 Å². The number of nitroso groups, excluding NO2 is 1. The van der Waals surface area contributed by atoms with Crippen LogP contribution in [0.2, 0.25) is 0 Å². The molecule has 0 spiro atoms. The van der Waals surface area contributed by atoms with Gasteiger partial charge in [0, 0.05) is 0 Å². The number of hydrazine groups is 1. The zero-order valence-corrected chi connectivity index (χ0v) is 5.13. The molecule has 0 radical (unpaired) electrons.